The van der Waals surface area contributed by atoms with Gasteiger partial charge in [0, 0.05) is 20.4 Å². The SMILES string of the molecule is CC(CO[NH3+])Oc1ccc(Cl)cc1.CC(CO[NH3+])Oc1ccc(Cl)cc1.O=S(=O)([O-])[O-]. The smallest absolute Gasteiger partial charge is 0.142 e. The molecule has 0 saturated carbocycles. The van der Waals surface area contributed by atoms with Gasteiger partial charge in [0.05, 0.1) is 0 Å². The molecule has 0 fully saturated rings. The van der Waals surface area contributed by atoms with E-state index in [-0.39, 0.29) is 12.2 Å². The van der Waals surface area contributed by atoms with E-state index in [0.29, 0.717) is 23.3 Å². The van der Waals surface area contributed by atoms with Crippen LogP contribution in [0.3, 0.4) is 0 Å². The molecule has 0 aromatic heterocycles. The molecule has 0 saturated heterocycles. The number of hydrogen-bond acceptors (Lipinski definition) is 8. The summed E-state index contributed by atoms with van der Waals surface area (Å²) in [6.45, 7) is 4.78. The molecule has 31 heavy (non-hydrogen) atoms. The third kappa shape index (κ3) is 18.8. The molecule has 0 heterocycles. The summed E-state index contributed by atoms with van der Waals surface area (Å²) in [6, 6.07) is 14.4. The second-order valence-corrected chi connectivity index (χ2v) is 7.60. The molecule has 0 radical (unpaired) electrons. The predicted octanol–water partition coefficient (Wildman–Crippen LogP) is 1.22. The molecule has 10 nitrogen and oxygen atoms in total. The molecule has 176 valence electrons. The molecule has 2 rings (SSSR count). The van der Waals surface area contributed by atoms with Gasteiger partial charge in [0.15, 0.2) is 0 Å². The summed E-state index contributed by atoms with van der Waals surface area (Å²) < 4.78 is 45.1. The van der Waals surface area contributed by atoms with Crippen LogP contribution in [0.25, 0.3) is 0 Å². The maximum absolute atomic E-state index is 8.52. The van der Waals surface area contributed by atoms with Crippen LogP contribution in [0.1, 0.15) is 13.8 Å². The molecule has 6 N–H and O–H groups in total. The Morgan fingerprint density at radius 3 is 1.26 bits per heavy atom. The van der Waals surface area contributed by atoms with Gasteiger partial charge in [-0.2, -0.15) is 0 Å². The van der Waals surface area contributed by atoms with E-state index in [9.17, 15) is 0 Å². The van der Waals surface area contributed by atoms with E-state index in [4.69, 9.17) is 59.9 Å². The van der Waals surface area contributed by atoms with Gasteiger partial charge in [-0.05, 0) is 62.4 Å². The quantitative estimate of drug-likeness (QED) is 0.309. The van der Waals surface area contributed by atoms with Crippen LogP contribution in [-0.4, -0.2) is 42.9 Å². The highest BCUT2D eigenvalue weighted by Crippen LogP contribution is 2.17. The van der Waals surface area contributed by atoms with Crippen molar-refractivity contribution < 1.29 is 48.5 Å². The van der Waals surface area contributed by atoms with Gasteiger partial charge in [0.1, 0.15) is 36.9 Å². The minimum Gasteiger partial charge on any atom is -0.759 e. The summed E-state index contributed by atoms with van der Waals surface area (Å²) in [5.74, 6) is 8.13. The lowest BCUT2D eigenvalue weighted by molar-refractivity contribution is -0.691. The summed E-state index contributed by atoms with van der Waals surface area (Å²) in [4.78, 5) is 9.40. The molecule has 0 aliphatic rings. The van der Waals surface area contributed by atoms with E-state index in [1.807, 2.05) is 38.1 Å². The van der Waals surface area contributed by atoms with Crippen molar-refractivity contribution in [2.45, 2.75) is 26.1 Å². The highest BCUT2D eigenvalue weighted by molar-refractivity contribution is 7.79. The van der Waals surface area contributed by atoms with E-state index in [1.54, 1.807) is 24.3 Å². The zero-order chi connectivity index (χ0) is 23.9. The minimum atomic E-state index is -5.17. The van der Waals surface area contributed by atoms with Crippen LogP contribution in [-0.2, 0) is 20.1 Å². The topological polar surface area (TPSA) is 172 Å². The van der Waals surface area contributed by atoms with Crippen molar-refractivity contribution in [3.63, 3.8) is 0 Å². The Morgan fingerprint density at radius 2 is 1.03 bits per heavy atom. The van der Waals surface area contributed by atoms with Crippen LogP contribution in [0.5, 0.6) is 11.5 Å². The van der Waals surface area contributed by atoms with Crippen LogP contribution in [0.15, 0.2) is 48.5 Å². The Morgan fingerprint density at radius 1 is 0.774 bits per heavy atom. The fraction of sp³-hybridized carbons (Fsp3) is 0.333. The molecule has 0 aliphatic carbocycles. The summed E-state index contributed by atoms with van der Waals surface area (Å²) >= 11 is 11.4. The zero-order valence-corrected chi connectivity index (χ0v) is 19.4. The van der Waals surface area contributed by atoms with Crippen LogP contribution >= 0.6 is 23.2 Å². The monoisotopic (exact) mass is 500 g/mol. The summed E-state index contributed by atoms with van der Waals surface area (Å²) in [7, 11) is -5.17. The van der Waals surface area contributed by atoms with Crippen molar-refractivity contribution in [1.82, 2.24) is 0 Å². The number of halogens is 2. The largest absolute Gasteiger partial charge is 0.759 e. The van der Waals surface area contributed by atoms with Crippen molar-refractivity contribution in [1.29, 1.82) is 0 Å². The molecule has 2 aromatic rings. The maximum atomic E-state index is 8.52. The molecule has 0 aliphatic heterocycles. The number of ether oxygens (including phenoxy) is 2. The van der Waals surface area contributed by atoms with Crippen LogP contribution in [0, 0.1) is 0 Å². The van der Waals surface area contributed by atoms with Gasteiger partial charge in [0.25, 0.3) is 0 Å². The van der Waals surface area contributed by atoms with Crippen molar-refractivity contribution in [2.75, 3.05) is 13.2 Å². The summed E-state index contributed by atoms with van der Waals surface area (Å²) in [5.41, 5.74) is 0. The fourth-order valence-electron chi connectivity index (χ4n) is 1.89. The molecule has 2 unspecified atom stereocenters. The Hall–Kier alpha value is -1.67. The summed E-state index contributed by atoms with van der Waals surface area (Å²) in [5, 5.41) is 1.40. The second kappa shape index (κ2) is 16.0. The summed E-state index contributed by atoms with van der Waals surface area (Å²) in [6.07, 6.45) is -0.00245. The molecular weight excluding hydrogens is 475 g/mol. The number of rotatable bonds is 8. The first-order chi connectivity index (χ1) is 14.4. The van der Waals surface area contributed by atoms with Gasteiger partial charge in [-0.3, -0.25) is 8.42 Å². The fourth-order valence-corrected chi connectivity index (χ4v) is 2.14. The Kier molecular flexibility index (Phi) is 15.2. The molecule has 0 amide bonds. The lowest BCUT2D eigenvalue weighted by atomic mass is 10.3. The zero-order valence-electron chi connectivity index (χ0n) is 17.0. The molecule has 2 aromatic carbocycles. The predicted molar refractivity (Wildman–Crippen MR) is 111 cm³/mol. The van der Waals surface area contributed by atoms with Crippen molar-refractivity contribution in [3.05, 3.63) is 58.6 Å². The van der Waals surface area contributed by atoms with Gasteiger partial charge in [-0.15, -0.1) is 0 Å². The normalized spacial score (nSPS) is 12.4. The Balaban J connectivity index is 0.000000479. The lowest BCUT2D eigenvalue weighted by Gasteiger charge is -2.11. The van der Waals surface area contributed by atoms with Crippen molar-refractivity contribution in [2.24, 2.45) is 0 Å². The average Bonchev–Trinajstić information content (AvgIpc) is 2.65. The van der Waals surface area contributed by atoms with Gasteiger partial charge >= 0.3 is 0 Å². The first-order valence-electron chi connectivity index (χ1n) is 8.69. The van der Waals surface area contributed by atoms with Gasteiger partial charge < -0.3 is 18.6 Å². The molecule has 13 heteroatoms. The third-order valence-electron chi connectivity index (χ3n) is 3.01. The third-order valence-corrected chi connectivity index (χ3v) is 3.51. The van der Waals surface area contributed by atoms with E-state index in [2.05, 4.69) is 11.8 Å². The Labute approximate surface area is 191 Å². The maximum Gasteiger partial charge on any atom is 0.142 e. The van der Waals surface area contributed by atoms with Crippen molar-refractivity contribution >= 4 is 33.6 Å². The first kappa shape index (κ1) is 29.3. The first-order valence-corrected chi connectivity index (χ1v) is 10.8. The van der Waals surface area contributed by atoms with Crippen LogP contribution in [0.2, 0.25) is 10.0 Å². The van der Waals surface area contributed by atoms with E-state index < -0.39 is 10.4 Å². The van der Waals surface area contributed by atoms with Gasteiger partial charge in [0.2, 0.25) is 0 Å². The molecular formula is C18H26Cl2N2O8S. The van der Waals surface area contributed by atoms with Gasteiger partial charge in [-0.1, -0.05) is 23.2 Å². The van der Waals surface area contributed by atoms with E-state index in [0.717, 1.165) is 11.5 Å². The van der Waals surface area contributed by atoms with Gasteiger partial charge in [-0.25, -0.2) is 21.5 Å². The second-order valence-electron chi connectivity index (χ2n) is 5.91. The number of quaternary nitrogens is 2. The average molecular weight is 501 g/mol. The highest BCUT2D eigenvalue weighted by atomic mass is 35.5. The van der Waals surface area contributed by atoms with E-state index >= 15 is 0 Å². The standard InChI is InChI=1S/2C9H13ClNO2.H2O4S/c2*1-7(6-12-11)13-9-4-2-8(10)3-5-9;1-5(2,3)4/h2*2-5,7H,6H2,1,11H3;(H2,1,2,3,4)/q2*+1;/p-2. The minimum absolute atomic E-state index is 0.00123. The molecule has 0 bridgehead atoms. The van der Waals surface area contributed by atoms with Crippen LogP contribution in [0.4, 0.5) is 0 Å². The lowest BCUT2D eigenvalue weighted by Crippen LogP contribution is -2.51. The Bertz CT molecular complexity index is 760. The van der Waals surface area contributed by atoms with Crippen molar-refractivity contribution in [3.8, 4) is 11.5 Å². The van der Waals surface area contributed by atoms with E-state index in [1.165, 1.54) is 0 Å². The van der Waals surface area contributed by atoms with Crippen LogP contribution < -0.4 is 21.3 Å². The highest BCUT2D eigenvalue weighted by Gasteiger charge is 2.04. The number of hydrogen-bond donors (Lipinski definition) is 2. The number of benzene rings is 2. The molecule has 2 atom stereocenters. The molecule has 0 spiro atoms.